The maximum Gasteiger partial charge on any atom is 0.573 e. The number of benzene rings is 2. The Hall–Kier alpha value is -3.76. The molecule has 0 amide bonds. The van der Waals surface area contributed by atoms with Crippen LogP contribution in [0.4, 0.5) is 22.0 Å². The maximum absolute atomic E-state index is 14.2. The van der Waals surface area contributed by atoms with Crippen molar-refractivity contribution >= 4 is 11.0 Å². The average molecular weight is 422 g/mol. The Labute approximate surface area is 164 Å². The summed E-state index contributed by atoms with van der Waals surface area (Å²) in [5, 5.41) is 3.96. The number of aromatic nitrogens is 4. The summed E-state index contributed by atoms with van der Waals surface area (Å²) in [6.07, 6.45) is -3.93. The van der Waals surface area contributed by atoms with E-state index in [2.05, 4.69) is 19.8 Å². The number of aromatic amines is 1. The summed E-state index contributed by atoms with van der Waals surface area (Å²) >= 11 is 0. The van der Waals surface area contributed by atoms with Gasteiger partial charge in [-0.2, -0.15) is 5.10 Å². The van der Waals surface area contributed by atoms with Crippen LogP contribution >= 0.6 is 0 Å². The first-order chi connectivity index (χ1) is 14.2. The van der Waals surface area contributed by atoms with E-state index in [0.29, 0.717) is 6.07 Å². The van der Waals surface area contributed by atoms with Crippen molar-refractivity contribution in [2.45, 2.75) is 12.8 Å². The molecule has 0 unspecified atom stereocenters. The van der Waals surface area contributed by atoms with Gasteiger partial charge in [0.05, 0.1) is 6.20 Å². The zero-order chi connectivity index (χ0) is 21.5. The highest BCUT2D eigenvalue weighted by Gasteiger charge is 2.32. The first-order valence-electron chi connectivity index (χ1n) is 8.47. The van der Waals surface area contributed by atoms with Gasteiger partial charge in [0, 0.05) is 18.1 Å². The molecule has 0 radical (unpaired) electrons. The summed E-state index contributed by atoms with van der Waals surface area (Å²) in [5.74, 6) is -2.14. The lowest BCUT2D eigenvalue weighted by molar-refractivity contribution is -0.274. The van der Waals surface area contributed by atoms with Gasteiger partial charge in [-0.15, -0.1) is 13.2 Å². The Morgan fingerprint density at radius 2 is 1.87 bits per heavy atom. The highest BCUT2D eigenvalue weighted by atomic mass is 19.4. The molecule has 11 heteroatoms. The standard InChI is InChI=1S/C19H11F5N4O2/c20-11-5-6-14(13(21)8-11)28-17-12(9-25-28)18(29)27-16(26-17)7-10-3-1-2-4-15(10)30-19(22,23)24/h1-6,8-9H,7H2,(H,26,27,29). The predicted octanol–water partition coefficient (Wildman–Crippen LogP) is 3.88. The monoisotopic (exact) mass is 422 g/mol. The van der Waals surface area contributed by atoms with Gasteiger partial charge >= 0.3 is 6.36 Å². The van der Waals surface area contributed by atoms with Crippen molar-refractivity contribution in [2.24, 2.45) is 0 Å². The lowest BCUT2D eigenvalue weighted by Gasteiger charge is -2.13. The van der Waals surface area contributed by atoms with Gasteiger partial charge in [-0.1, -0.05) is 18.2 Å². The van der Waals surface area contributed by atoms with Gasteiger partial charge in [0.2, 0.25) is 0 Å². The van der Waals surface area contributed by atoms with Crippen LogP contribution in [0.15, 0.2) is 53.5 Å². The van der Waals surface area contributed by atoms with Crippen LogP contribution in [-0.2, 0) is 6.42 Å². The summed E-state index contributed by atoms with van der Waals surface area (Å²) in [6, 6.07) is 8.21. The second kappa shape index (κ2) is 7.25. The molecule has 2 aromatic carbocycles. The first-order valence-corrected chi connectivity index (χ1v) is 8.47. The molecule has 0 bridgehead atoms. The fraction of sp³-hybridized carbons (Fsp3) is 0.105. The van der Waals surface area contributed by atoms with Gasteiger partial charge in [0.25, 0.3) is 5.56 Å². The molecule has 0 spiro atoms. The van der Waals surface area contributed by atoms with Gasteiger partial charge in [0.15, 0.2) is 11.5 Å². The smallest absolute Gasteiger partial charge is 0.405 e. The van der Waals surface area contributed by atoms with E-state index in [-0.39, 0.29) is 34.5 Å². The topological polar surface area (TPSA) is 72.8 Å². The van der Waals surface area contributed by atoms with Crippen molar-refractivity contribution in [1.82, 2.24) is 19.7 Å². The number of hydrogen-bond donors (Lipinski definition) is 1. The maximum atomic E-state index is 14.2. The number of halogens is 5. The summed E-state index contributed by atoms with van der Waals surface area (Å²) in [7, 11) is 0. The van der Waals surface area contributed by atoms with Gasteiger partial charge in [-0.05, 0) is 18.2 Å². The van der Waals surface area contributed by atoms with E-state index in [4.69, 9.17) is 0 Å². The Morgan fingerprint density at radius 3 is 2.60 bits per heavy atom. The third-order valence-corrected chi connectivity index (χ3v) is 4.18. The molecule has 6 nitrogen and oxygen atoms in total. The second-order valence-corrected chi connectivity index (χ2v) is 6.23. The Kier molecular flexibility index (Phi) is 4.72. The van der Waals surface area contributed by atoms with E-state index in [1.807, 2.05) is 0 Å². The molecule has 4 rings (SSSR count). The van der Waals surface area contributed by atoms with Gasteiger partial charge in [-0.25, -0.2) is 18.4 Å². The molecule has 4 aromatic rings. The lowest BCUT2D eigenvalue weighted by Crippen LogP contribution is -2.18. The van der Waals surface area contributed by atoms with Crippen molar-refractivity contribution in [3.63, 3.8) is 0 Å². The first kappa shape index (κ1) is 19.6. The molecule has 0 fully saturated rings. The second-order valence-electron chi connectivity index (χ2n) is 6.23. The average Bonchev–Trinajstić information content (AvgIpc) is 3.06. The largest absolute Gasteiger partial charge is 0.573 e. The third-order valence-electron chi connectivity index (χ3n) is 4.18. The van der Waals surface area contributed by atoms with Crippen LogP contribution in [0.25, 0.3) is 16.7 Å². The number of para-hydroxylation sites is 1. The van der Waals surface area contributed by atoms with Crippen molar-refractivity contribution in [3.8, 4) is 11.4 Å². The van der Waals surface area contributed by atoms with E-state index in [9.17, 15) is 26.7 Å². The van der Waals surface area contributed by atoms with Gasteiger partial charge in [0.1, 0.15) is 28.5 Å². The van der Waals surface area contributed by atoms with Gasteiger partial charge < -0.3 is 9.72 Å². The fourth-order valence-electron chi connectivity index (χ4n) is 2.93. The van der Waals surface area contributed by atoms with E-state index in [1.54, 1.807) is 0 Å². The highest BCUT2D eigenvalue weighted by molar-refractivity contribution is 5.75. The number of rotatable bonds is 4. The van der Waals surface area contributed by atoms with Crippen molar-refractivity contribution in [2.75, 3.05) is 0 Å². The molecular weight excluding hydrogens is 411 g/mol. The number of alkyl halides is 3. The van der Waals surface area contributed by atoms with Crippen LogP contribution in [0.2, 0.25) is 0 Å². The number of fused-ring (bicyclic) bond motifs is 1. The van der Waals surface area contributed by atoms with Crippen LogP contribution < -0.4 is 10.3 Å². The Balaban J connectivity index is 1.78. The molecule has 30 heavy (non-hydrogen) atoms. The molecule has 2 heterocycles. The molecule has 0 saturated carbocycles. The molecule has 0 aliphatic carbocycles. The number of nitrogens with one attached hydrogen (secondary N) is 1. The summed E-state index contributed by atoms with van der Waals surface area (Å²) in [6.45, 7) is 0. The molecule has 2 aromatic heterocycles. The highest BCUT2D eigenvalue weighted by Crippen LogP contribution is 2.27. The van der Waals surface area contributed by atoms with Crippen LogP contribution in [-0.4, -0.2) is 26.1 Å². The number of ether oxygens (including phenoxy) is 1. The number of H-pyrrole nitrogens is 1. The lowest BCUT2D eigenvalue weighted by atomic mass is 10.1. The molecular formula is C19H11F5N4O2. The van der Waals surface area contributed by atoms with Crippen molar-refractivity contribution < 1.29 is 26.7 Å². The summed E-state index contributed by atoms with van der Waals surface area (Å²) in [4.78, 5) is 19.1. The Morgan fingerprint density at radius 1 is 1.10 bits per heavy atom. The zero-order valence-corrected chi connectivity index (χ0v) is 14.9. The predicted molar refractivity (Wildman–Crippen MR) is 95.3 cm³/mol. The SMILES string of the molecule is O=c1[nH]c(Cc2ccccc2OC(F)(F)F)nc2c1cnn2-c1ccc(F)cc1F. The van der Waals surface area contributed by atoms with Crippen molar-refractivity contribution in [1.29, 1.82) is 0 Å². The van der Waals surface area contributed by atoms with E-state index in [0.717, 1.165) is 29.1 Å². The molecule has 0 saturated heterocycles. The number of hydrogen-bond acceptors (Lipinski definition) is 4. The quantitative estimate of drug-likeness (QED) is 0.507. The zero-order valence-electron chi connectivity index (χ0n) is 14.9. The van der Waals surface area contributed by atoms with Crippen LogP contribution in [0, 0.1) is 11.6 Å². The minimum absolute atomic E-state index is 0.00925. The molecule has 0 aliphatic heterocycles. The van der Waals surface area contributed by atoms with Crippen LogP contribution in [0.3, 0.4) is 0 Å². The summed E-state index contributed by atoms with van der Waals surface area (Å²) in [5.41, 5.74) is -0.668. The normalized spacial score (nSPS) is 11.8. The molecule has 1 N–H and O–H groups in total. The van der Waals surface area contributed by atoms with E-state index >= 15 is 0 Å². The number of nitrogens with zero attached hydrogens (tertiary/aromatic N) is 3. The summed E-state index contributed by atoms with van der Waals surface area (Å²) < 4.78 is 70.3. The fourth-order valence-corrected chi connectivity index (χ4v) is 2.93. The minimum atomic E-state index is -4.89. The molecule has 154 valence electrons. The third kappa shape index (κ3) is 3.86. The molecule has 0 atom stereocenters. The van der Waals surface area contributed by atoms with Crippen molar-refractivity contribution in [3.05, 3.63) is 82.0 Å². The molecule has 0 aliphatic rings. The minimum Gasteiger partial charge on any atom is -0.405 e. The van der Waals surface area contributed by atoms with E-state index in [1.165, 1.54) is 18.2 Å². The van der Waals surface area contributed by atoms with Crippen LogP contribution in [0.5, 0.6) is 5.75 Å². The van der Waals surface area contributed by atoms with Gasteiger partial charge in [-0.3, -0.25) is 4.79 Å². The van der Waals surface area contributed by atoms with E-state index < -0.39 is 29.3 Å². The Bertz CT molecular complexity index is 1300. The van der Waals surface area contributed by atoms with Crippen LogP contribution in [0.1, 0.15) is 11.4 Å².